The van der Waals surface area contributed by atoms with Crippen LogP contribution in [0.15, 0.2) is 52.3 Å². The molecule has 0 bridgehead atoms. The van der Waals surface area contributed by atoms with Crippen LogP contribution in [0.2, 0.25) is 0 Å². The van der Waals surface area contributed by atoms with Crippen molar-refractivity contribution in [2.24, 2.45) is 0 Å². The molecule has 0 N–H and O–H groups in total. The standard InChI is InChI=1S/C16H19N5O3S/c1-12(2)21-16(7-9-18-21)25(22,23)20(3)11-13-10-15(19-24-13)14-6-4-5-8-17-14/h4-10,12H,11H2,1-3H3. The van der Waals surface area contributed by atoms with Crippen LogP contribution >= 0.6 is 0 Å². The van der Waals surface area contributed by atoms with Crippen molar-refractivity contribution in [3.8, 4) is 11.4 Å². The highest BCUT2D eigenvalue weighted by Crippen LogP contribution is 2.21. The van der Waals surface area contributed by atoms with E-state index in [-0.39, 0.29) is 17.6 Å². The first-order valence-electron chi connectivity index (χ1n) is 7.76. The molecule has 0 atom stereocenters. The van der Waals surface area contributed by atoms with Gasteiger partial charge in [-0.15, -0.1) is 0 Å². The Kier molecular flexibility index (Phi) is 4.69. The van der Waals surface area contributed by atoms with E-state index in [4.69, 9.17) is 4.52 Å². The molecule has 0 radical (unpaired) electrons. The number of hydrogen-bond donors (Lipinski definition) is 0. The predicted octanol–water partition coefficient (Wildman–Crippen LogP) is 2.33. The van der Waals surface area contributed by atoms with Crippen LogP contribution in [0.1, 0.15) is 25.6 Å². The van der Waals surface area contributed by atoms with Crippen LogP contribution in [0.5, 0.6) is 0 Å². The van der Waals surface area contributed by atoms with Crippen molar-refractivity contribution < 1.29 is 12.9 Å². The zero-order chi connectivity index (χ0) is 18.0. The summed E-state index contributed by atoms with van der Waals surface area (Å²) in [6.07, 6.45) is 3.14. The van der Waals surface area contributed by atoms with E-state index in [9.17, 15) is 8.42 Å². The highest BCUT2D eigenvalue weighted by Gasteiger charge is 2.27. The Bertz CT molecular complexity index is 947. The molecule has 0 unspecified atom stereocenters. The maximum atomic E-state index is 12.8. The van der Waals surface area contributed by atoms with Crippen molar-refractivity contribution in [2.75, 3.05) is 7.05 Å². The Morgan fingerprint density at radius 1 is 1.20 bits per heavy atom. The second-order valence-corrected chi connectivity index (χ2v) is 7.85. The number of nitrogens with zero attached hydrogens (tertiary/aromatic N) is 5. The van der Waals surface area contributed by atoms with Crippen LogP contribution < -0.4 is 0 Å². The highest BCUT2D eigenvalue weighted by atomic mass is 32.2. The second kappa shape index (κ2) is 6.77. The average molecular weight is 361 g/mol. The molecule has 9 heteroatoms. The predicted molar refractivity (Wildman–Crippen MR) is 91.0 cm³/mol. The van der Waals surface area contributed by atoms with Gasteiger partial charge in [0.1, 0.15) is 5.69 Å². The Hall–Kier alpha value is -2.52. The molecule has 0 fully saturated rings. The minimum absolute atomic E-state index is 0.0609. The molecular weight excluding hydrogens is 342 g/mol. The molecule has 132 valence electrons. The fraction of sp³-hybridized carbons (Fsp3) is 0.312. The molecule has 0 amide bonds. The Balaban J connectivity index is 1.81. The van der Waals surface area contributed by atoms with Crippen LogP contribution in [0.3, 0.4) is 0 Å². The third-order valence-corrected chi connectivity index (χ3v) is 5.46. The van der Waals surface area contributed by atoms with Crippen LogP contribution in [-0.2, 0) is 16.6 Å². The van der Waals surface area contributed by atoms with Gasteiger partial charge in [-0.3, -0.25) is 9.67 Å². The molecule has 0 saturated heterocycles. The number of pyridine rings is 1. The maximum Gasteiger partial charge on any atom is 0.260 e. The lowest BCUT2D eigenvalue weighted by Gasteiger charge is -2.17. The normalized spacial score (nSPS) is 12.2. The van der Waals surface area contributed by atoms with Gasteiger partial charge in [-0.05, 0) is 32.0 Å². The fourth-order valence-electron chi connectivity index (χ4n) is 2.38. The zero-order valence-electron chi connectivity index (χ0n) is 14.2. The lowest BCUT2D eigenvalue weighted by molar-refractivity contribution is 0.342. The highest BCUT2D eigenvalue weighted by molar-refractivity contribution is 7.89. The molecule has 0 saturated carbocycles. The third kappa shape index (κ3) is 3.47. The van der Waals surface area contributed by atoms with Crippen LogP contribution in [-0.4, -0.2) is 39.7 Å². The summed E-state index contributed by atoms with van der Waals surface area (Å²) in [6.45, 7) is 3.81. The van der Waals surface area contributed by atoms with Crippen molar-refractivity contribution in [1.82, 2.24) is 24.2 Å². The van der Waals surface area contributed by atoms with Crippen molar-refractivity contribution in [2.45, 2.75) is 31.5 Å². The monoisotopic (exact) mass is 361 g/mol. The van der Waals surface area contributed by atoms with Gasteiger partial charge < -0.3 is 4.52 Å². The first-order valence-corrected chi connectivity index (χ1v) is 9.20. The first-order chi connectivity index (χ1) is 11.9. The van der Waals surface area contributed by atoms with Gasteiger partial charge in [-0.1, -0.05) is 11.2 Å². The number of aromatic nitrogens is 4. The van der Waals surface area contributed by atoms with Gasteiger partial charge in [0.05, 0.1) is 18.4 Å². The minimum Gasteiger partial charge on any atom is -0.359 e. The fourth-order valence-corrected chi connectivity index (χ4v) is 3.72. The lowest BCUT2D eigenvalue weighted by atomic mass is 10.2. The van der Waals surface area contributed by atoms with E-state index in [2.05, 4.69) is 15.2 Å². The summed E-state index contributed by atoms with van der Waals surface area (Å²) in [5, 5.41) is 8.18. The van der Waals surface area contributed by atoms with E-state index in [0.29, 0.717) is 17.1 Å². The lowest BCUT2D eigenvalue weighted by Crippen LogP contribution is -2.29. The third-order valence-electron chi connectivity index (χ3n) is 3.66. The molecule has 3 rings (SSSR count). The molecule has 0 aromatic carbocycles. The molecular formula is C16H19N5O3S. The van der Waals surface area contributed by atoms with Gasteiger partial charge in [0.15, 0.2) is 10.8 Å². The summed E-state index contributed by atoms with van der Waals surface area (Å²) in [7, 11) is -2.20. The molecule has 25 heavy (non-hydrogen) atoms. The largest absolute Gasteiger partial charge is 0.359 e. The summed E-state index contributed by atoms with van der Waals surface area (Å²) in [6, 6.07) is 8.58. The molecule has 0 aliphatic rings. The Labute approximate surface area is 146 Å². The summed E-state index contributed by atoms with van der Waals surface area (Å²) in [4.78, 5) is 4.20. The van der Waals surface area contributed by atoms with Crippen LogP contribution in [0.25, 0.3) is 11.4 Å². The van der Waals surface area contributed by atoms with Gasteiger partial charge in [-0.25, -0.2) is 8.42 Å². The van der Waals surface area contributed by atoms with E-state index in [1.807, 2.05) is 32.0 Å². The van der Waals surface area contributed by atoms with Gasteiger partial charge in [0.25, 0.3) is 10.0 Å². The van der Waals surface area contributed by atoms with E-state index < -0.39 is 10.0 Å². The van der Waals surface area contributed by atoms with Crippen molar-refractivity contribution in [3.05, 3.63) is 48.5 Å². The van der Waals surface area contributed by atoms with Crippen molar-refractivity contribution in [1.29, 1.82) is 0 Å². The van der Waals surface area contributed by atoms with Gasteiger partial charge >= 0.3 is 0 Å². The van der Waals surface area contributed by atoms with Crippen LogP contribution in [0.4, 0.5) is 0 Å². The summed E-state index contributed by atoms with van der Waals surface area (Å²) in [5.74, 6) is 0.433. The van der Waals surface area contributed by atoms with E-state index >= 15 is 0 Å². The quantitative estimate of drug-likeness (QED) is 0.669. The van der Waals surface area contributed by atoms with E-state index in [0.717, 1.165) is 0 Å². The first kappa shape index (κ1) is 17.3. The van der Waals surface area contributed by atoms with E-state index in [1.54, 1.807) is 12.3 Å². The molecule has 0 aliphatic heterocycles. The molecule has 8 nitrogen and oxygen atoms in total. The van der Waals surface area contributed by atoms with E-state index in [1.165, 1.54) is 28.3 Å². The number of sulfonamides is 1. The molecule has 3 heterocycles. The SMILES string of the molecule is CC(C)n1nccc1S(=O)(=O)N(C)Cc1cc(-c2ccccn2)no1. The Morgan fingerprint density at radius 2 is 2.00 bits per heavy atom. The van der Waals surface area contributed by atoms with Crippen molar-refractivity contribution >= 4 is 10.0 Å². The summed E-state index contributed by atoms with van der Waals surface area (Å²) >= 11 is 0. The molecule has 0 aliphatic carbocycles. The number of hydrogen-bond acceptors (Lipinski definition) is 6. The molecule has 3 aromatic heterocycles. The number of rotatable bonds is 6. The molecule has 0 spiro atoms. The summed E-state index contributed by atoms with van der Waals surface area (Å²) in [5.41, 5.74) is 1.23. The second-order valence-electron chi connectivity index (χ2n) is 5.86. The zero-order valence-corrected chi connectivity index (χ0v) is 15.0. The Morgan fingerprint density at radius 3 is 2.68 bits per heavy atom. The minimum atomic E-state index is -3.69. The van der Waals surface area contributed by atoms with Gasteiger partial charge in [0.2, 0.25) is 0 Å². The average Bonchev–Trinajstić information content (AvgIpc) is 3.25. The van der Waals surface area contributed by atoms with Crippen molar-refractivity contribution in [3.63, 3.8) is 0 Å². The van der Waals surface area contributed by atoms with Crippen LogP contribution in [0, 0.1) is 0 Å². The summed E-state index contributed by atoms with van der Waals surface area (Å²) < 4.78 is 33.5. The maximum absolute atomic E-state index is 12.8. The smallest absolute Gasteiger partial charge is 0.260 e. The molecule has 3 aromatic rings. The topological polar surface area (TPSA) is 94.1 Å². The van der Waals surface area contributed by atoms with Gasteiger partial charge in [0, 0.05) is 25.4 Å². The van der Waals surface area contributed by atoms with Gasteiger partial charge in [-0.2, -0.15) is 9.40 Å².